The maximum absolute atomic E-state index is 12.5. The summed E-state index contributed by atoms with van der Waals surface area (Å²) < 4.78 is 1.75. The minimum absolute atomic E-state index is 0.0108. The van der Waals surface area contributed by atoms with Crippen LogP contribution in [0.5, 0.6) is 0 Å². The van der Waals surface area contributed by atoms with E-state index in [1.165, 1.54) is 5.56 Å². The second-order valence-corrected chi connectivity index (χ2v) is 7.07. The van der Waals surface area contributed by atoms with Gasteiger partial charge in [-0.3, -0.25) is 9.78 Å². The van der Waals surface area contributed by atoms with Crippen LogP contribution in [0.15, 0.2) is 48.8 Å². The zero-order valence-electron chi connectivity index (χ0n) is 15.8. The number of benzene rings is 1. The Hall–Kier alpha value is -3.29. The number of anilines is 1. The number of nitrogens with zero attached hydrogens (tertiary/aromatic N) is 6. The zero-order valence-corrected chi connectivity index (χ0v) is 15.8. The molecule has 4 rings (SSSR count). The van der Waals surface area contributed by atoms with Crippen molar-refractivity contribution in [3.63, 3.8) is 0 Å². The molecule has 0 aliphatic carbocycles. The Balaban J connectivity index is 1.35. The molecule has 0 spiro atoms. The molecule has 0 unspecified atom stereocenters. The molecule has 0 radical (unpaired) electrons. The van der Waals surface area contributed by atoms with Crippen molar-refractivity contribution in [2.75, 3.05) is 18.0 Å². The van der Waals surface area contributed by atoms with Crippen molar-refractivity contribution in [3.8, 4) is 5.69 Å². The minimum atomic E-state index is 0.0108. The molecule has 2 aromatic heterocycles. The lowest BCUT2D eigenvalue weighted by Gasteiger charge is -2.31. The molecule has 0 atom stereocenters. The van der Waals surface area contributed by atoms with Gasteiger partial charge in [0.25, 0.3) is 0 Å². The predicted molar refractivity (Wildman–Crippen MR) is 105 cm³/mol. The fourth-order valence-electron chi connectivity index (χ4n) is 3.41. The Labute approximate surface area is 163 Å². The summed E-state index contributed by atoms with van der Waals surface area (Å²) >= 11 is 0. The molecule has 1 saturated heterocycles. The first-order valence-electron chi connectivity index (χ1n) is 9.48. The number of amides is 1. The molecule has 1 aliphatic heterocycles. The minimum Gasteiger partial charge on any atom is -0.352 e. The summed E-state index contributed by atoms with van der Waals surface area (Å²) in [5.74, 6) is 0.830. The fraction of sp³-hybridized carbons (Fsp3) is 0.350. The van der Waals surface area contributed by atoms with Crippen molar-refractivity contribution < 1.29 is 4.79 Å². The van der Waals surface area contributed by atoms with Gasteiger partial charge < -0.3 is 10.2 Å². The van der Waals surface area contributed by atoms with Crippen molar-refractivity contribution in [1.29, 1.82) is 0 Å². The van der Waals surface area contributed by atoms with Gasteiger partial charge in [-0.15, -0.1) is 0 Å². The Morgan fingerprint density at radius 1 is 1.18 bits per heavy atom. The van der Waals surface area contributed by atoms with Crippen LogP contribution in [-0.4, -0.2) is 44.2 Å². The van der Waals surface area contributed by atoms with Gasteiger partial charge in [0.1, 0.15) is 0 Å². The Morgan fingerprint density at radius 3 is 2.68 bits per heavy atom. The Kier molecular flexibility index (Phi) is 5.27. The van der Waals surface area contributed by atoms with Gasteiger partial charge in [-0.05, 0) is 54.0 Å². The molecular weight excluding hydrogens is 354 g/mol. The molecule has 0 saturated carbocycles. The molecule has 28 heavy (non-hydrogen) atoms. The van der Waals surface area contributed by atoms with Gasteiger partial charge in [-0.1, -0.05) is 28.9 Å². The van der Waals surface area contributed by atoms with Crippen LogP contribution in [0.1, 0.15) is 24.0 Å². The number of aromatic nitrogens is 5. The van der Waals surface area contributed by atoms with Crippen molar-refractivity contribution in [2.24, 2.45) is 5.92 Å². The second-order valence-electron chi connectivity index (χ2n) is 7.07. The van der Waals surface area contributed by atoms with Gasteiger partial charge in [0.15, 0.2) is 0 Å². The highest BCUT2D eigenvalue weighted by atomic mass is 16.1. The lowest BCUT2D eigenvalue weighted by Crippen LogP contribution is -2.41. The number of nitrogens with one attached hydrogen (secondary N) is 1. The standard InChI is InChI=1S/C20H23N7O/c1-15-4-6-18(7-5-15)27-20(23-24-25-27)26-11-8-17(9-12-26)19(28)22-14-16-3-2-10-21-13-16/h2-7,10,13,17H,8-9,11-12,14H2,1H3,(H,22,28). The first-order valence-corrected chi connectivity index (χ1v) is 9.48. The third kappa shape index (κ3) is 4.00. The van der Waals surface area contributed by atoms with E-state index in [1.54, 1.807) is 17.1 Å². The highest BCUT2D eigenvalue weighted by Gasteiger charge is 2.27. The van der Waals surface area contributed by atoms with E-state index < -0.39 is 0 Å². The van der Waals surface area contributed by atoms with E-state index in [2.05, 4.69) is 37.6 Å². The maximum atomic E-state index is 12.5. The van der Waals surface area contributed by atoms with E-state index in [-0.39, 0.29) is 11.8 Å². The van der Waals surface area contributed by atoms with E-state index in [0.29, 0.717) is 6.54 Å². The molecule has 8 nitrogen and oxygen atoms in total. The number of carbonyl (C=O) groups excluding carboxylic acids is 1. The van der Waals surface area contributed by atoms with E-state index in [1.807, 2.05) is 36.4 Å². The Bertz CT molecular complexity index is 915. The molecule has 8 heteroatoms. The fourth-order valence-corrected chi connectivity index (χ4v) is 3.41. The number of carbonyl (C=O) groups is 1. The van der Waals surface area contributed by atoms with E-state index in [4.69, 9.17) is 0 Å². The van der Waals surface area contributed by atoms with Gasteiger partial charge in [0, 0.05) is 37.9 Å². The van der Waals surface area contributed by atoms with Crippen molar-refractivity contribution >= 4 is 11.9 Å². The maximum Gasteiger partial charge on any atom is 0.250 e. The number of pyridine rings is 1. The van der Waals surface area contributed by atoms with Crippen LogP contribution in [0.2, 0.25) is 0 Å². The largest absolute Gasteiger partial charge is 0.352 e. The molecular formula is C20H23N7O. The summed E-state index contributed by atoms with van der Waals surface area (Å²) in [4.78, 5) is 18.7. The molecule has 1 amide bonds. The third-order valence-electron chi connectivity index (χ3n) is 5.07. The summed E-state index contributed by atoms with van der Waals surface area (Å²) in [7, 11) is 0. The quantitative estimate of drug-likeness (QED) is 0.731. The summed E-state index contributed by atoms with van der Waals surface area (Å²) in [5, 5.41) is 15.2. The van der Waals surface area contributed by atoms with Gasteiger partial charge in [0.05, 0.1) is 5.69 Å². The predicted octanol–water partition coefficient (Wildman–Crippen LogP) is 1.90. The molecule has 3 heterocycles. The summed E-state index contributed by atoms with van der Waals surface area (Å²) in [6.07, 6.45) is 5.05. The van der Waals surface area contributed by atoms with Crippen LogP contribution in [-0.2, 0) is 11.3 Å². The summed E-state index contributed by atoms with van der Waals surface area (Å²) in [6.45, 7) is 4.06. The topological polar surface area (TPSA) is 88.8 Å². The number of piperidine rings is 1. The van der Waals surface area contributed by atoms with Gasteiger partial charge in [-0.2, -0.15) is 4.68 Å². The summed E-state index contributed by atoms with van der Waals surface area (Å²) in [5.41, 5.74) is 3.13. The van der Waals surface area contributed by atoms with Gasteiger partial charge in [0.2, 0.25) is 11.9 Å². The van der Waals surface area contributed by atoms with E-state index >= 15 is 0 Å². The van der Waals surface area contributed by atoms with Crippen LogP contribution in [0.4, 0.5) is 5.95 Å². The van der Waals surface area contributed by atoms with Crippen LogP contribution in [0.3, 0.4) is 0 Å². The lowest BCUT2D eigenvalue weighted by molar-refractivity contribution is -0.125. The number of tetrazole rings is 1. The second kappa shape index (κ2) is 8.16. The molecule has 1 aliphatic rings. The average Bonchev–Trinajstić information content (AvgIpc) is 3.23. The zero-order chi connectivity index (χ0) is 19.3. The summed E-state index contributed by atoms with van der Waals surface area (Å²) in [6, 6.07) is 11.9. The van der Waals surface area contributed by atoms with Gasteiger partial charge >= 0.3 is 0 Å². The van der Waals surface area contributed by atoms with Crippen LogP contribution >= 0.6 is 0 Å². The van der Waals surface area contributed by atoms with Crippen molar-refractivity contribution in [2.45, 2.75) is 26.3 Å². The molecule has 1 fully saturated rings. The Morgan fingerprint density at radius 2 is 1.96 bits per heavy atom. The lowest BCUT2D eigenvalue weighted by atomic mass is 9.96. The highest BCUT2D eigenvalue weighted by molar-refractivity contribution is 5.78. The molecule has 1 N–H and O–H groups in total. The average molecular weight is 377 g/mol. The molecule has 3 aromatic rings. The highest BCUT2D eigenvalue weighted by Crippen LogP contribution is 2.23. The van der Waals surface area contributed by atoms with Crippen LogP contribution in [0.25, 0.3) is 5.69 Å². The van der Waals surface area contributed by atoms with E-state index in [0.717, 1.165) is 43.1 Å². The normalized spacial score (nSPS) is 14.8. The molecule has 0 bridgehead atoms. The van der Waals surface area contributed by atoms with Crippen molar-refractivity contribution in [3.05, 3.63) is 59.9 Å². The SMILES string of the molecule is Cc1ccc(-n2nnnc2N2CCC(C(=O)NCc3cccnc3)CC2)cc1. The first-order chi connectivity index (χ1) is 13.7. The monoisotopic (exact) mass is 377 g/mol. The molecule has 144 valence electrons. The van der Waals surface area contributed by atoms with Crippen LogP contribution < -0.4 is 10.2 Å². The van der Waals surface area contributed by atoms with Crippen LogP contribution in [0, 0.1) is 12.8 Å². The number of rotatable bonds is 5. The van der Waals surface area contributed by atoms with Crippen molar-refractivity contribution in [1.82, 2.24) is 30.5 Å². The van der Waals surface area contributed by atoms with Gasteiger partial charge in [-0.25, -0.2) is 0 Å². The molecule has 1 aromatic carbocycles. The number of hydrogen-bond acceptors (Lipinski definition) is 6. The smallest absolute Gasteiger partial charge is 0.250 e. The van der Waals surface area contributed by atoms with E-state index in [9.17, 15) is 4.79 Å². The number of hydrogen-bond donors (Lipinski definition) is 1. The third-order valence-corrected chi connectivity index (χ3v) is 5.07. The first kappa shape index (κ1) is 18.1. The number of aryl methyl sites for hydroxylation is 1.